The maximum absolute atomic E-state index is 13.0. The first-order valence-electron chi connectivity index (χ1n) is 9.74. The Balaban J connectivity index is 1.55. The maximum atomic E-state index is 13.0. The van der Waals surface area contributed by atoms with Crippen LogP contribution in [0.2, 0.25) is 0 Å². The highest BCUT2D eigenvalue weighted by Gasteiger charge is 2.31. The molecule has 0 spiro atoms. The number of rotatable bonds is 4. The number of ether oxygens (including phenoxy) is 1. The molecule has 0 aliphatic carbocycles. The predicted octanol–water partition coefficient (Wildman–Crippen LogP) is 3.34. The van der Waals surface area contributed by atoms with E-state index in [4.69, 9.17) is 9.15 Å². The van der Waals surface area contributed by atoms with Crippen molar-refractivity contribution < 1.29 is 18.7 Å². The Hall–Kier alpha value is -2.83. The van der Waals surface area contributed by atoms with E-state index in [0.717, 1.165) is 16.8 Å². The number of hydrogen-bond donors (Lipinski definition) is 0. The van der Waals surface area contributed by atoms with Crippen LogP contribution in [0.5, 0.6) is 0 Å². The summed E-state index contributed by atoms with van der Waals surface area (Å²) in [5.74, 6) is 1.23. The summed E-state index contributed by atoms with van der Waals surface area (Å²) in [6, 6.07) is 5.88. The van der Waals surface area contributed by atoms with Gasteiger partial charge in [-0.1, -0.05) is 26.0 Å². The lowest BCUT2D eigenvalue weighted by Crippen LogP contribution is -2.37. The van der Waals surface area contributed by atoms with Crippen LogP contribution in [0.3, 0.4) is 0 Å². The number of benzene rings is 1. The first-order chi connectivity index (χ1) is 13.4. The molecule has 2 aliphatic rings. The fourth-order valence-corrected chi connectivity index (χ4v) is 3.86. The number of nitrogens with zero attached hydrogens (tertiary/aromatic N) is 3. The number of cyclic esters (lactones) is 1. The van der Waals surface area contributed by atoms with Crippen molar-refractivity contribution >= 4 is 17.7 Å². The molecule has 28 heavy (non-hydrogen) atoms. The number of carbonyl (C=O) groups excluding carboxylic acids is 2. The average molecular weight is 383 g/mol. The molecule has 2 amide bonds. The van der Waals surface area contributed by atoms with Crippen molar-refractivity contribution in [3.05, 3.63) is 46.7 Å². The summed E-state index contributed by atoms with van der Waals surface area (Å²) in [5.41, 5.74) is 3.69. The third-order valence-electron chi connectivity index (χ3n) is 5.20. The highest BCUT2D eigenvalue weighted by Crippen LogP contribution is 2.31. The Morgan fingerprint density at radius 1 is 1.29 bits per heavy atom. The molecule has 2 aromatic rings. The molecule has 0 unspecified atom stereocenters. The van der Waals surface area contributed by atoms with Crippen molar-refractivity contribution in [2.45, 2.75) is 40.2 Å². The van der Waals surface area contributed by atoms with Crippen LogP contribution in [0, 0.1) is 12.8 Å². The Morgan fingerprint density at radius 2 is 2.11 bits per heavy atom. The molecule has 1 saturated heterocycles. The van der Waals surface area contributed by atoms with Gasteiger partial charge in [0.25, 0.3) is 5.91 Å². The summed E-state index contributed by atoms with van der Waals surface area (Å²) in [7, 11) is 0. The minimum absolute atomic E-state index is 0.128. The number of anilines is 1. The molecule has 1 aromatic carbocycles. The molecule has 0 radical (unpaired) electrons. The van der Waals surface area contributed by atoms with Crippen LogP contribution in [-0.2, 0) is 24.1 Å². The number of amides is 2. The fourth-order valence-electron chi connectivity index (χ4n) is 3.86. The van der Waals surface area contributed by atoms with Crippen molar-refractivity contribution in [1.82, 2.24) is 9.88 Å². The van der Waals surface area contributed by atoms with Gasteiger partial charge in [-0.2, -0.15) is 0 Å². The summed E-state index contributed by atoms with van der Waals surface area (Å²) in [5, 5.41) is 0. The van der Waals surface area contributed by atoms with Gasteiger partial charge in [-0.15, -0.1) is 0 Å². The topological polar surface area (TPSA) is 75.9 Å². The van der Waals surface area contributed by atoms with Crippen molar-refractivity contribution in [1.29, 1.82) is 0 Å². The summed E-state index contributed by atoms with van der Waals surface area (Å²) >= 11 is 0. The number of fused-ring (bicyclic) bond motifs is 1. The maximum Gasteiger partial charge on any atom is 0.414 e. The molecule has 2 aliphatic heterocycles. The smallest absolute Gasteiger partial charge is 0.414 e. The van der Waals surface area contributed by atoms with E-state index in [9.17, 15) is 9.59 Å². The quantitative estimate of drug-likeness (QED) is 0.809. The van der Waals surface area contributed by atoms with E-state index in [2.05, 4.69) is 18.8 Å². The van der Waals surface area contributed by atoms with Crippen molar-refractivity contribution in [2.75, 3.05) is 24.6 Å². The lowest BCUT2D eigenvalue weighted by molar-refractivity contribution is 0.0699. The zero-order chi connectivity index (χ0) is 19.8. The normalized spacial score (nSPS) is 16.5. The number of aryl methyl sites for hydroxylation is 1. The second-order valence-corrected chi connectivity index (χ2v) is 7.78. The van der Waals surface area contributed by atoms with E-state index >= 15 is 0 Å². The van der Waals surface area contributed by atoms with Crippen LogP contribution in [0.4, 0.5) is 10.5 Å². The number of aromatic nitrogens is 1. The molecule has 0 bridgehead atoms. The Bertz CT molecular complexity index is 918. The lowest BCUT2D eigenvalue weighted by Gasteiger charge is -2.31. The average Bonchev–Trinajstić information content (AvgIpc) is 3.24. The Morgan fingerprint density at radius 3 is 2.82 bits per heavy atom. The van der Waals surface area contributed by atoms with E-state index in [1.165, 1.54) is 0 Å². The van der Waals surface area contributed by atoms with Gasteiger partial charge in [-0.25, -0.2) is 9.78 Å². The van der Waals surface area contributed by atoms with Gasteiger partial charge < -0.3 is 14.1 Å². The Kier molecular flexibility index (Phi) is 4.83. The summed E-state index contributed by atoms with van der Waals surface area (Å²) in [4.78, 5) is 32.9. The van der Waals surface area contributed by atoms with Gasteiger partial charge in [0.15, 0.2) is 5.89 Å². The Labute approximate surface area is 164 Å². The molecule has 7 nitrogen and oxygen atoms in total. The molecule has 4 rings (SSSR count). The minimum Gasteiger partial charge on any atom is -0.447 e. The van der Waals surface area contributed by atoms with Gasteiger partial charge >= 0.3 is 6.09 Å². The van der Waals surface area contributed by atoms with Crippen LogP contribution < -0.4 is 4.90 Å². The van der Waals surface area contributed by atoms with Crippen molar-refractivity contribution in [3.8, 4) is 0 Å². The summed E-state index contributed by atoms with van der Waals surface area (Å²) in [6.45, 7) is 8.04. The van der Waals surface area contributed by atoms with E-state index in [1.807, 2.05) is 25.1 Å². The van der Waals surface area contributed by atoms with Gasteiger partial charge in [0, 0.05) is 19.5 Å². The lowest BCUT2D eigenvalue weighted by atomic mass is 9.97. The first-order valence-corrected chi connectivity index (χ1v) is 9.74. The van der Waals surface area contributed by atoms with Crippen LogP contribution in [-0.4, -0.2) is 41.6 Å². The largest absolute Gasteiger partial charge is 0.447 e. The highest BCUT2D eigenvalue weighted by molar-refractivity contribution is 5.93. The van der Waals surface area contributed by atoms with E-state index in [-0.39, 0.29) is 12.0 Å². The molecule has 3 heterocycles. The van der Waals surface area contributed by atoms with Gasteiger partial charge in [0.05, 0.1) is 17.9 Å². The number of hydrogen-bond acceptors (Lipinski definition) is 5. The third-order valence-corrected chi connectivity index (χ3v) is 5.20. The third kappa shape index (κ3) is 3.37. The highest BCUT2D eigenvalue weighted by atomic mass is 16.6. The van der Waals surface area contributed by atoms with Gasteiger partial charge in [0.1, 0.15) is 6.61 Å². The van der Waals surface area contributed by atoms with Gasteiger partial charge in [-0.3, -0.25) is 9.69 Å². The second-order valence-electron chi connectivity index (χ2n) is 7.78. The number of carbonyl (C=O) groups is 2. The zero-order valence-corrected chi connectivity index (χ0v) is 16.5. The molecule has 0 saturated carbocycles. The molecule has 7 heteroatoms. The monoisotopic (exact) mass is 383 g/mol. The standard InChI is InChI=1S/C21H25N3O4/c1-13(2)11-18-22-14(3)19(28-18)20(25)23-8-7-16-15(12-23)5-4-6-17(16)24-9-10-27-21(24)26/h4-6,13H,7-12H2,1-3H3. The van der Waals surface area contributed by atoms with E-state index < -0.39 is 0 Å². The van der Waals surface area contributed by atoms with Crippen LogP contribution in [0.25, 0.3) is 0 Å². The number of oxazole rings is 1. The fraction of sp³-hybridized carbons (Fsp3) is 0.476. The molecule has 148 valence electrons. The molecule has 0 atom stereocenters. The van der Waals surface area contributed by atoms with E-state index in [1.54, 1.807) is 9.80 Å². The first kappa shape index (κ1) is 18.5. The minimum atomic E-state index is -0.304. The predicted molar refractivity (Wildman–Crippen MR) is 103 cm³/mol. The molecular weight excluding hydrogens is 358 g/mol. The van der Waals surface area contributed by atoms with Crippen LogP contribution in [0.15, 0.2) is 22.6 Å². The van der Waals surface area contributed by atoms with E-state index in [0.29, 0.717) is 62.3 Å². The molecule has 0 N–H and O–H groups in total. The van der Waals surface area contributed by atoms with Gasteiger partial charge in [0.2, 0.25) is 5.76 Å². The SMILES string of the molecule is Cc1nc(CC(C)C)oc1C(=O)N1CCc2c(cccc2N2CCOC2=O)C1. The summed E-state index contributed by atoms with van der Waals surface area (Å²) < 4.78 is 10.8. The second kappa shape index (κ2) is 7.30. The van der Waals surface area contributed by atoms with Crippen LogP contribution in [0.1, 0.15) is 47.1 Å². The van der Waals surface area contributed by atoms with Crippen LogP contribution >= 0.6 is 0 Å². The molecular formula is C21H25N3O4. The summed E-state index contributed by atoms with van der Waals surface area (Å²) in [6.07, 6.45) is 1.10. The van der Waals surface area contributed by atoms with Crippen molar-refractivity contribution in [3.63, 3.8) is 0 Å². The zero-order valence-electron chi connectivity index (χ0n) is 16.5. The van der Waals surface area contributed by atoms with Crippen molar-refractivity contribution in [2.24, 2.45) is 5.92 Å². The van der Waals surface area contributed by atoms with Gasteiger partial charge in [-0.05, 0) is 36.5 Å². The molecule has 1 fully saturated rings. The molecule has 1 aromatic heterocycles.